The number of aryl methyl sites for hydroxylation is 1. The van der Waals surface area contributed by atoms with Crippen molar-refractivity contribution in [2.75, 3.05) is 18.5 Å². The number of aliphatic hydroxyl groups excluding tert-OH is 1. The second kappa shape index (κ2) is 5.88. The number of benzene rings is 1. The molecular formula is C16H18BrNOS. The van der Waals surface area contributed by atoms with Crippen molar-refractivity contribution in [1.82, 2.24) is 0 Å². The Bertz CT molecular complexity index is 610. The van der Waals surface area contributed by atoms with Crippen LogP contribution in [0, 0.1) is 0 Å². The van der Waals surface area contributed by atoms with Crippen LogP contribution in [0.15, 0.2) is 34.1 Å². The minimum Gasteiger partial charge on any atom is -0.388 e. The van der Waals surface area contributed by atoms with Gasteiger partial charge in [-0.25, -0.2) is 0 Å². The fourth-order valence-electron chi connectivity index (χ4n) is 2.78. The summed E-state index contributed by atoms with van der Waals surface area (Å²) in [5, 5.41) is 10.4. The van der Waals surface area contributed by atoms with Crippen LogP contribution in [0.25, 0.3) is 0 Å². The summed E-state index contributed by atoms with van der Waals surface area (Å²) in [6.07, 6.45) is 2.58. The zero-order valence-electron chi connectivity index (χ0n) is 11.5. The van der Waals surface area contributed by atoms with Gasteiger partial charge >= 0.3 is 0 Å². The number of halogens is 1. The summed E-state index contributed by atoms with van der Waals surface area (Å²) >= 11 is 5.15. The van der Waals surface area contributed by atoms with E-state index in [9.17, 15) is 5.11 Å². The molecule has 1 unspecified atom stereocenters. The van der Waals surface area contributed by atoms with Gasteiger partial charge in [0.1, 0.15) is 0 Å². The zero-order valence-corrected chi connectivity index (χ0v) is 13.9. The number of hydrogen-bond acceptors (Lipinski definition) is 3. The van der Waals surface area contributed by atoms with E-state index in [0.717, 1.165) is 22.3 Å². The molecule has 1 aliphatic rings. The maximum atomic E-state index is 10.4. The molecule has 3 rings (SSSR count). The Hall–Kier alpha value is -0.840. The molecule has 1 N–H and O–H groups in total. The second-order valence-corrected chi connectivity index (χ2v) is 7.89. The van der Waals surface area contributed by atoms with Gasteiger partial charge in [0, 0.05) is 30.6 Å². The van der Waals surface area contributed by atoms with Gasteiger partial charge in [-0.1, -0.05) is 12.1 Å². The summed E-state index contributed by atoms with van der Waals surface area (Å²) in [5.41, 5.74) is 3.71. The van der Waals surface area contributed by atoms with Gasteiger partial charge in [0.25, 0.3) is 0 Å². The number of fused-ring (bicyclic) bond motifs is 1. The highest BCUT2D eigenvalue weighted by molar-refractivity contribution is 9.11. The van der Waals surface area contributed by atoms with E-state index >= 15 is 0 Å². The van der Waals surface area contributed by atoms with Crippen LogP contribution in [0.3, 0.4) is 0 Å². The highest BCUT2D eigenvalue weighted by Gasteiger charge is 2.17. The molecule has 2 heterocycles. The van der Waals surface area contributed by atoms with Crippen LogP contribution < -0.4 is 4.90 Å². The summed E-state index contributed by atoms with van der Waals surface area (Å²) < 4.78 is 1.12. The summed E-state index contributed by atoms with van der Waals surface area (Å²) in [5.74, 6) is 0. The third-order valence-electron chi connectivity index (χ3n) is 3.86. The van der Waals surface area contributed by atoms with E-state index in [1.54, 1.807) is 11.3 Å². The SMILES string of the molecule is CN1CCCc2cc(C(O)Cc3ccc(Br)s3)ccc21. The molecular weight excluding hydrogens is 334 g/mol. The second-order valence-electron chi connectivity index (χ2n) is 5.34. The van der Waals surface area contributed by atoms with Gasteiger partial charge in [0.15, 0.2) is 0 Å². The fraction of sp³-hybridized carbons (Fsp3) is 0.375. The van der Waals surface area contributed by atoms with Crippen molar-refractivity contribution in [2.45, 2.75) is 25.4 Å². The summed E-state index contributed by atoms with van der Waals surface area (Å²) in [7, 11) is 2.14. The van der Waals surface area contributed by atoms with Crippen LogP contribution in [-0.2, 0) is 12.8 Å². The number of thiophene rings is 1. The van der Waals surface area contributed by atoms with Gasteiger partial charge in [0.2, 0.25) is 0 Å². The van der Waals surface area contributed by atoms with Crippen molar-refractivity contribution in [1.29, 1.82) is 0 Å². The summed E-state index contributed by atoms with van der Waals surface area (Å²) in [4.78, 5) is 3.50. The predicted octanol–water partition coefficient (Wildman–Crippen LogP) is 4.17. The minimum atomic E-state index is -0.418. The molecule has 1 aromatic heterocycles. The largest absolute Gasteiger partial charge is 0.388 e. The Kier molecular flexibility index (Phi) is 4.15. The van der Waals surface area contributed by atoms with Gasteiger partial charge in [-0.2, -0.15) is 0 Å². The number of aliphatic hydroxyl groups is 1. The Balaban J connectivity index is 1.80. The van der Waals surface area contributed by atoms with Gasteiger partial charge < -0.3 is 10.0 Å². The maximum absolute atomic E-state index is 10.4. The molecule has 4 heteroatoms. The van der Waals surface area contributed by atoms with Crippen LogP contribution >= 0.6 is 27.3 Å². The van der Waals surface area contributed by atoms with E-state index in [0.29, 0.717) is 6.42 Å². The van der Waals surface area contributed by atoms with Crippen LogP contribution in [0.4, 0.5) is 5.69 Å². The third-order valence-corrected chi connectivity index (χ3v) is 5.51. The van der Waals surface area contributed by atoms with Crippen molar-refractivity contribution in [2.24, 2.45) is 0 Å². The molecule has 20 heavy (non-hydrogen) atoms. The number of hydrogen-bond donors (Lipinski definition) is 1. The average Bonchev–Trinajstić information content (AvgIpc) is 2.84. The average molecular weight is 352 g/mol. The molecule has 2 nitrogen and oxygen atoms in total. The molecule has 1 aliphatic heterocycles. The van der Waals surface area contributed by atoms with E-state index in [1.807, 2.05) is 6.07 Å². The van der Waals surface area contributed by atoms with E-state index in [-0.39, 0.29) is 0 Å². The van der Waals surface area contributed by atoms with Gasteiger partial charge in [-0.3, -0.25) is 0 Å². The van der Waals surface area contributed by atoms with Crippen LogP contribution in [0.1, 0.15) is 28.5 Å². The molecule has 0 fully saturated rings. The summed E-state index contributed by atoms with van der Waals surface area (Å²) in [6, 6.07) is 10.5. The molecule has 0 saturated heterocycles. The normalized spacial score (nSPS) is 16.1. The quantitative estimate of drug-likeness (QED) is 0.896. The molecule has 0 spiro atoms. The molecule has 106 valence electrons. The maximum Gasteiger partial charge on any atom is 0.0838 e. The smallest absolute Gasteiger partial charge is 0.0838 e. The number of anilines is 1. The molecule has 0 bridgehead atoms. The first kappa shape index (κ1) is 14.1. The summed E-state index contributed by atoms with van der Waals surface area (Å²) in [6.45, 7) is 1.12. The lowest BCUT2D eigenvalue weighted by molar-refractivity contribution is 0.179. The van der Waals surface area contributed by atoms with Crippen molar-refractivity contribution >= 4 is 33.0 Å². The van der Waals surface area contributed by atoms with Crippen molar-refractivity contribution < 1.29 is 5.11 Å². The zero-order chi connectivity index (χ0) is 14.1. The monoisotopic (exact) mass is 351 g/mol. The van der Waals surface area contributed by atoms with E-state index in [2.05, 4.69) is 52.1 Å². The molecule has 0 amide bonds. The Morgan fingerprint density at radius 2 is 2.20 bits per heavy atom. The lowest BCUT2D eigenvalue weighted by Gasteiger charge is -2.28. The molecule has 1 atom stereocenters. The Morgan fingerprint density at radius 3 is 2.95 bits per heavy atom. The Morgan fingerprint density at radius 1 is 1.35 bits per heavy atom. The van der Waals surface area contributed by atoms with Gasteiger partial charge in [-0.05, 0) is 58.1 Å². The van der Waals surface area contributed by atoms with E-state index < -0.39 is 6.10 Å². The number of nitrogens with zero attached hydrogens (tertiary/aromatic N) is 1. The van der Waals surface area contributed by atoms with Crippen molar-refractivity contribution in [3.8, 4) is 0 Å². The van der Waals surface area contributed by atoms with Crippen molar-refractivity contribution in [3.63, 3.8) is 0 Å². The van der Waals surface area contributed by atoms with Gasteiger partial charge in [0.05, 0.1) is 9.89 Å². The first-order valence-corrected chi connectivity index (χ1v) is 8.50. The van der Waals surface area contributed by atoms with Crippen molar-refractivity contribution in [3.05, 3.63) is 50.1 Å². The molecule has 0 saturated carbocycles. The first-order chi connectivity index (χ1) is 9.63. The molecule has 0 radical (unpaired) electrons. The standard InChI is InChI=1S/C16H18BrNOS/c1-18-8-2-3-11-9-12(4-6-14(11)18)15(19)10-13-5-7-16(17)20-13/h4-7,9,15,19H,2-3,8,10H2,1H3. The van der Waals surface area contributed by atoms with Crippen LogP contribution in [0.2, 0.25) is 0 Å². The number of rotatable bonds is 3. The molecule has 1 aromatic carbocycles. The third kappa shape index (κ3) is 2.92. The Labute approximate surface area is 132 Å². The topological polar surface area (TPSA) is 23.5 Å². The van der Waals surface area contributed by atoms with E-state index in [4.69, 9.17) is 0 Å². The minimum absolute atomic E-state index is 0.418. The fourth-order valence-corrected chi connectivity index (χ4v) is 4.30. The lowest BCUT2D eigenvalue weighted by Crippen LogP contribution is -2.24. The first-order valence-electron chi connectivity index (χ1n) is 6.90. The predicted molar refractivity (Wildman–Crippen MR) is 88.7 cm³/mol. The molecule has 0 aliphatic carbocycles. The van der Waals surface area contributed by atoms with Gasteiger partial charge in [-0.15, -0.1) is 11.3 Å². The molecule has 2 aromatic rings. The van der Waals surface area contributed by atoms with Crippen LogP contribution in [0.5, 0.6) is 0 Å². The van der Waals surface area contributed by atoms with Crippen LogP contribution in [-0.4, -0.2) is 18.7 Å². The highest BCUT2D eigenvalue weighted by atomic mass is 79.9. The van der Waals surface area contributed by atoms with E-state index in [1.165, 1.54) is 22.5 Å². The highest BCUT2D eigenvalue weighted by Crippen LogP contribution is 2.31. The lowest BCUT2D eigenvalue weighted by atomic mass is 9.96.